The predicted molar refractivity (Wildman–Crippen MR) is 80.3 cm³/mol. The zero-order valence-corrected chi connectivity index (χ0v) is 13.4. The van der Waals surface area contributed by atoms with E-state index >= 15 is 0 Å². The first-order valence-corrected chi connectivity index (χ1v) is 7.63. The second kappa shape index (κ2) is 11.2. The Morgan fingerprint density at radius 3 is 2.53 bits per heavy atom. The maximum absolute atomic E-state index is 11.8. The van der Waals surface area contributed by atoms with Crippen molar-refractivity contribution in [1.29, 1.82) is 0 Å². The smallest absolute Gasteiger partial charge is 0.323 e. The molecule has 2 unspecified atom stereocenters. The van der Waals surface area contributed by atoms with Gasteiger partial charge < -0.3 is 15.0 Å². The van der Waals surface area contributed by atoms with E-state index in [0.29, 0.717) is 12.5 Å². The number of nitrogens with zero attached hydrogens (tertiary/aromatic N) is 1. The highest BCUT2D eigenvalue weighted by molar-refractivity contribution is 5.75. The molecule has 0 aromatic rings. The molecule has 0 bridgehead atoms. The van der Waals surface area contributed by atoms with Gasteiger partial charge in [-0.15, -0.1) is 0 Å². The average molecular weight is 272 g/mol. The first kappa shape index (κ1) is 18.4. The summed E-state index contributed by atoms with van der Waals surface area (Å²) in [6.07, 6.45) is 3.03. The fourth-order valence-electron chi connectivity index (χ4n) is 1.97. The Bertz CT molecular complexity index is 234. The van der Waals surface area contributed by atoms with Crippen LogP contribution in [0.2, 0.25) is 0 Å². The van der Waals surface area contributed by atoms with Gasteiger partial charge in [-0.2, -0.15) is 0 Å². The Hall–Kier alpha value is -0.610. The van der Waals surface area contributed by atoms with Gasteiger partial charge in [0.25, 0.3) is 0 Å². The zero-order valence-electron chi connectivity index (χ0n) is 13.4. The van der Waals surface area contributed by atoms with E-state index in [1.165, 1.54) is 6.42 Å². The molecule has 0 aliphatic carbocycles. The number of hydrogen-bond donors (Lipinski definition) is 1. The molecule has 0 radical (unpaired) electrons. The lowest BCUT2D eigenvalue weighted by Crippen LogP contribution is -2.41. The van der Waals surface area contributed by atoms with Crippen molar-refractivity contribution >= 4 is 5.97 Å². The highest BCUT2D eigenvalue weighted by Gasteiger charge is 2.19. The number of carbonyl (C=O) groups is 1. The Labute approximate surface area is 118 Å². The Balaban J connectivity index is 4.12. The normalized spacial score (nSPS) is 14.4. The third kappa shape index (κ3) is 9.00. The minimum atomic E-state index is -0.167. The standard InChI is InChI=1S/C15H32N2O2/c1-6-10-16-14(15(18)19-8-3)9-11-17(5)12-13(4)7-2/h13-14,16H,6-12H2,1-5H3. The Morgan fingerprint density at radius 1 is 1.32 bits per heavy atom. The average Bonchev–Trinajstić information content (AvgIpc) is 2.38. The summed E-state index contributed by atoms with van der Waals surface area (Å²) in [5, 5.41) is 3.28. The topological polar surface area (TPSA) is 41.6 Å². The SMILES string of the molecule is CCCNC(CCN(C)CC(C)CC)C(=O)OCC. The van der Waals surface area contributed by atoms with E-state index in [9.17, 15) is 4.79 Å². The maximum Gasteiger partial charge on any atom is 0.323 e. The molecule has 4 nitrogen and oxygen atoms in total. The Morgan fingerprint density at radius 2 is 2.00 bits per heavy atom. The van der Waals surface area contributed by atoms with Gasteiger partial charge in [0.05, 0.1) is 6.61 Å². The zero-order chi connectivity index (χ0) is 14.7. The van der Waals surface area contributed by atoms with Crippen molar-refractivity contribution in [2.45, 2.75) is 53.0 Å². The molecule has 4 heteroatoms. The van der Waals surface area contributed by atoms with Crippen LogP contribution < -0.4 is 5.32 Å². The molecule has 114 valence electrons. The largest absolute Gasteiger partial charge is 0.465 e. The number of nitrogens with one attached hydrogen (secondary N) is 1. The molecule has 0 amide bonds. The fraction of sp³-hybridized carbons (Fsp3) is 0.933. The molecule has 0 saturated carbocycles. The van der Waals surface area contributed by atoms with Gasteiger partial charge in [0.2, 0.25) is 0 Å². The molecule has 0 rings (SSSR count). The molecule has 0 aliphatic rings. The van der Waals surface area contributed by atoms with Crippen molar-refractivity contribution in [2.75, 3.05) is 33.3 Å². The van der Waals surface area contributed by atoms with Crippen LogP contribution in [-0.4, -0.2) is 50.2 Å². The van der Waals surface area contributed by atoms with Crippen molar-refractivity contribution < 1.29 is 9.53 Å². The number of esters is 1. The van der Waals surface area contributed by atoms with Crippen LogP contribution >= 0.6 is 0 Å². The summed E-state index contributed by atoms with van der Waals surface area (Å²) in [6.45, 7) is 11.7. The van der Waals surface area contributed by atoms with E-state index in [2.05, 4.69) is 38.0 Å². The summed E-state index contributed by atoms with van der Waals surface area (Å²) in [7, 11) is 2.12. The van der Waals surface area contributed by atoms with Gasteiger partial charge in [-0.1, -0.05) is 27.2 Å². The molecule has 19 heavy (non-hydrogen) atoms. The highest BCUT2D eigenvalue weighted by atomic mass is 16.5. The first-order valence-electron chi connectivity index (χ1n) is 7.63. The van der Waals surface area contributed by atoms with E-state index in [4.69, 9.17) is 4.74 Å². The van der Waals surface area contributed by atoms with Crippen LogP contribution in [0, 0.1) is 5.92 Å². The van der Waals surface area contributed by atoms with Crippen LogP contribution in [0.25, 0.3) is 0 Å². The van der Waals surface area contributed by atoms with Gasteiger partial charge in [-0.25, -0.2) is 0 Å². The second-order valence-electron chi connectivity index (χ2n) is 5.32. The van der Waals surface area contributed by atoms with Gasteiger partial charge in [0.15, 0.2) is 0 Å². The summed E-state index contributed by atoms with van der Waals surface area (Å²) in [4.78, 5) is 14.1. The summed E-state index contributed by atoms with van der Waals surface area (Å²) in [6, 6.07) is -0.167. The molecule has 0 aromatic heterocycles. The summed E-state index contributed by atoms with van der Waals surface area (Å²) < 4.78 is 5.12. The third-order valence-corrected chi connectivity index (χ3v) is 3.33. The minimum Gasteiger partial charge on any atom is -0.465 e. The van der Waals surface area contributed by atoms with E-state index < -0.39 is 0 Å². The van der Waals surface area contributed by atoms with Crippen molar-refractivity contribution in [3.8, 4) is 0 Å². The van der Waals surface area contributed by atoms with E-state index in [1.54, 1.807) is 0 Å². The van der Waals surface area contributed by atoms with Crippen LogP contribution in [0.15, 0.2) is 0 Å². The van der Waals surface area contributed by atoms with Gasteiger partial charge in [0, 0.05) is 6.54 Å². The molecule has 0 fully saturated rings. The number of carbonyl (C=O) groups excluding carboxylic acids is 1. The maximum atomic E-state index is 11.8. The quantitative estimate of drug-likeness (QED) is 0.586. The molecule has 0 saturated heterocycles. The number of ether oxygens (including phenoxy) is 1. The first-order chi connectivity index (χ1) is 9.04. The van der Waals surface area contributed by atoms with E-state index in [-0.39, 0.29) is 12.0 Å². The van der Waals surface area contributed by atoms with Crippen molar-refractivity contribution in [3.63, 3.8) is 0 Å². The lowest BCUT2D eigenvalue weighted by molar-refractivity contribution is -0.145. The lowest BCUT2D eigenvalue weighted by atomic mass is 10.1. The van der Waals surface area contributed by atoms with Crippen LogP contribution in [0.4, 0.5) is 0 Å². The van der Waals surface area contributed by atoms with Gasteiger partial charge in [-0.05, 0) is 45.8 Å². The molecule has 0 aliphatic heterocycles. The minimum absolute atomic E-state index is 0.118. The van der Waals surface area contributed by atoms with Crippen molar-refractivity contribution in [1.82, 2.24) is 10.2 Å². The Kier molecular flexibility index (Phi) is 10.9. The number of rotatable bonds is 11. The summed E-state index contributed by atoms with van der Waals surface area (Å²) >= 11 is 0. The van der Waals surface area contributed by atoms with E-state index in [1.807, 2.05) is 6.92 Å². The molecule has 0 heterocycles. The summed E-state index contributed by atoms with van der Waals surface area (Å²) in [5.74, 6) is 0.586. The number of hydrogen-bond acceptors (Lipinski definition) is 4. The van der Waals surface area contributed by atoms with E-state index in [0.717, 1.165) is 32.5 Å². The van der Waals surface area contributed by atoms with Crippen LogP contribution in [0.5, 0.6) is 0 Å². The molecule has 0 aromatic carbocycles. The monoisotopic (exact) mass is 272 g/mol. The van der Waals surface area contributed by atoms with Gasteiger partial charge in [0.1, 0.15) is 6.04 Å². The van der Waals surface area contributed by atoms with Crippen LogP contribution in [0.3, 0.4) is 0 Å². The molecular formula is C15H32N2O2. The molecule has 0 spiro atoms. The van der Waals surface area contributed by atoms with Gasteiger partial charge >= 0.3 is 5.97 Å². The predicted octanol–water partition coefficient (Wildman–Crippen LogP) is 2.29. The van der Waals surface area contributed by atoms with Crippen molar-refractivity contribution in [3.05, 3.63) is 0 Å². The summed E-state index contributed by atoms with van der Waals surface area (Å²) in [5.41, 5.74) is 0. The highest BCUT2D eigenvalue weighted by Crippen LogP contribution is 2.05. The molecule has 1 N–H and O–H groups in total. The molecule has 2 atom stereocenters. The van der Waals surface area contributed by atoms with Crippen LogP contribution in [-0.2, 0) is 9.53 Å². The lowest BCUT2D eigenvalue weighted by Gasteiger charge is -2.23. The van der Waals surface area contributed by atoms with Crippen LogP contribution in [0.1, 0.15) is 47.0 Å². The fourth-order valence-corrected chi connectivity index (χ4v) is 1.97. The molecular weight excluding hydrogens is 240 g/mol. The van der Waals surface area contributed by atoms with Crippen molar-refractivity contribution in [2.24, 2.45) is 5.92 Å². The second-order valence-corrected chi connectivity index (χ2v) is 5.32. The van der Waals surface area contributed by atoms with Gasteiger partial charge in [-0.3, -0.25) is 4.79 Å². The third-order valence-electron chi connectivity index (χ3n) is 3.33.